The standard InChI is InChI=1S/C30H37N3O6S/c1-5-18-31-30(35)28(6-2)32(21-23-12-10-14-25(19-23)38-3)29(34)22-33(24-13-11-15-26(20-24)39-4)40(36,37)27-16-8-7-9-17-27/h7-17,19-20,28H,5-6,18,21-22H2,1-4H3,(H,31,35). The van der Waals surface area contributed by atoms with Crippen molar-refractivity contribution >= 4 is 27.5 Å². The Labute approximate surface area is 236 Å². The van der Waals surface area contributed by atoms with E-state index in [4.69, 9.17) is 9.47 Å². The van der Waals surface area contributed by atoms with Gasteiger partial charge in [-0.05, 0) is 54.8 Å². The van der Waals surface area contributed by atoms with Crippen molar-refractivity contribution in [1.29, 1.82) is 0 Å². The third kappa shape index (κ3) is 7.53. The smallest absolute Gasteiger partial charge is 0.264 e. The van der Waals surface area contributed by atoms with Crippen molar-refractivity contribution in [3.8, 4) is 11.5 Å². The van der Waals surface area contributed by atoms with Gasteiger partial charge in [0.05, 0.1) is 24.8 Å². The van der Waals surface area contributed by atoms with E-state index >= 15 is 0 Å². The molecule has 10 heteroatoms. The third-order valence-electron chi connectivity index (χ3n) is 6.37. The van der Waals surface area contributed by atoms with Gasteiger partial charge < -0.3 is 19.7 Å². The average molecular weight is 568 g/mol. The fraction of sp³-hybridized carbons (Fsp3) is 0.333. The zero-order valence-electron chi connectivity index (χ0n) is 23.4. The van der Waals surface area contributed by atoms with Crippen LogP contribution >= 0.6 is 0 Å². The molecule has 0 spiro atoms. The number of carbonyl (C=O) groups is 2. The summed E-state index contributed by atoms with van der Waals surface area (Å²) in [6.07, 6.45) is 1.08. The third-order valence-corrected chi connectivity index (χ3v) is 8.16. The first-order chi connectivity index (χ1) is 19.2. The maximum absolute atomic E-state index is 14.1. The Kier molecular flexibility index (Phi) is 11.0. The van der Waals surface area contributed by atoms with E-state index in [1.165, 1.54) is 24.1 Å². The predicted octanol–water partition coefficient (Wildman–Crippen LogP) is 4.23. The van der Waals surface area contributed by atoms with Crippen LogP contribution in [0.2, 0.25) is 0 Å². The number of hydrogen-bond acceptors (Lipinski definition) is 6. The number of benzene rings is 3. The van der Waals surface area contributed by atoms with Crippen molar-refractivity contribution in [2.75, 3.05) is 31.6 Å². The summed E-state index contributed by atoms with van der Waals surface area (Å²) in [7, 11) is -1.11. The van der Waals surface area contributed by atoms with Gasteiger partial charge in [0.15, 0.2) is 0 Å². The summed E-state index contributed by atoms with van der Waals surface area (Å²) in [6.45, 7) is 3.80. The number of hydrogen-bond donors (Lipinski definition) is 1. The fourth-order valence-corrected chi connectivity index (χ4v) is 5.69. The van der Waals surface area contributed by atoms with E-state index in [1.807, 2.05) is 19.9 Å². The highest BCUT2D eigenvalue weighted by atomic mass is 32.2. The molecule has 1 N–H and O–H groups in total. The molecule has 0 aliphatic rings. The molecule has 2 amide bonds. The summed E-state index contributed by atoms with van der Waals surface area (Å²) >= 11 is 0. The van der Waals surface area contributed by atoms with Crippen LogP contribution < -0.4 is 19.1 Å². The molecule has 0 aromatic heterocycles. The summed E-state index contributed by atoms with van der Waals surface area (Å²) in [5.74, 6) is 0.234. The van der Waals surface area contributed by atoms with E-state index in [0.29, 0.717) is 24.5 Å². The van der Waals surface area contributed by atoms with Crippen molar-refractivity contribution in [2.45, 2.75) is 44.2 Å². The van der Waals surface area contributed by atoms with E-state index in [0.717, 1.165) is 16.3 Å². The Morgan fingerprint density at radius 1 is 0.875 bits per heavy atom. The lowest BCUT2D eigenvalue weighted by Crippen LogP contribution is -2.52. The molecule has 1 atom stereocenters. The first-order valence-electron chi connectivity index (χ1n) is 13.2. The lowest BCUT2D eigenvalue weighted by molar-refractivity contribution is -0.140. The highest BCUT2D eigenvalue weighted by Crippen LogP contribution is 2.28. The van der Waals surface area contributed by atoms with Gasteiger partial charge in [0.1, 0.15) is 24.1 Å². The number of nitrogens with zero attached hydrogens (tertiary/aromatic N) is 2. The molecule has 0 radical (unpaired) electrons. The largest absolute Gasteiger partial charge is 0.497 e. The Balaban J connectivity index is 2.06. The second-order valence-corrected chi connectivity index (χ2v) is 11.0. The quantitative estimate of drug-likeness (QED) is 0.313. The molecule has 9 nitrogen and oxygen atoms in total. The number of amides is 2. The number of anilines is 1. The lowest BCUT2D eigenvalue weighted by atomic mass is 10.1. The molecule has 40 heavy (non-hydrogen) atoms. The molecule has 0 heterocycles. The Morgan fingerprint density at radius 3 is 2.15 bits per heavy atom. The summed E-state index contributed by atoms with van der Waals surface area (Å²) in [6, 6.07) is 20.9. The zero-order chi connectivity index (χ0) is 29.1. The summed E-state index contributed by atoms with van der Waals surface area (Å²) in [4.78, 5) is 28.7. The molecule has 0 aliphatic carbocycles. The van der Waals surface area contributed by atoms with E-state index in [9.17, 15) is 18.0 Å². The first kappa shape index (κ1) is 30.5. The molecule has 0 fully saturated rings. The van der Waals surface area contributed by atoms with Crippen LogP contribution in [0.5, 0.6) is 11.5 Å². The normalized spacial score (nSPS) is 11.8. The number of methoxy groups -OCH3 is 2. The molecule has 0 saturated carbocycles. The molecule has 3 aromatic carbocycles. The number of carbonyl (C=O) groups excluding carboxylic acids is 2. The Hall–Kier alpha value is -4.05. The van der Waals surface area contributed by atoms with Crippen LogP contribution in [0.25, 0.3) is 0 Å². The average Bonchev–Trinajstić information content (AvgIpc) is 2.98. The molecule has 0 aliphatic heterocycles. The molecule has 3 aromatic rings. The molecule has 0 bridgehead atoms. The molecular formula is C30H37N3O6S. The molecule has 1 unspecified atom stereocenters. The van der Waals surface area contributed by atoms with E-state index < -0.39 is 28.5 Å². The summed E-state index contributed by atoms with van der Waals surface area (Å²) in [5, 5.41) is 2.88. The maximum Gasteiger partial charge on any atom is 0.264 e. The van der Waals surface area contributed by atoms with Gasteiger partial charge in [-0.25, -0.2) is 8.42 Å². The van der Waals surface area contributed by atoms with Crippen LogP contribution in [-0.2, 0) is 26.2 Å². The van der Waals surface area contributed by atoms with Crippen molar-refractivity contribution in [1.82, 2.24) is 10.2 Å². The predicted molar refractivity (Wildman–Crippen MR) is 155 cm³/mol. The number of nitrogens with one attached hydrogen (secondary N) is 1. The first-order valence-corrected chi connectivity index (χ1v) is 14.6. The van der Waals surface area contributed by atoms with Gasteiger partial charge >= 0.3 is 0 Å². The van der Waals surface area contributed by atoms with Gasteiger partial charge in [-0.15, -0.1) is 0 Å². The van der Waals surface area contributed by atoms with Crippen molar-refractivity contribution in [3.63, 3.8) is 0 Å². The minimum absolute atomic E-state index is 0.0395. The van der Waals surface area contributed by atoms with Crippen LogP contribution in [0.4, 0.5) is 5.69 Å². The van der Waals surface area contributed by atoms with E-state index in [2.05, 4.69) is 5.32 Å². The molecular weight excluding hydrogens is 530 g/mol. The maximum atomic E-state index is 14.1. The molecule has 214 valence electrons. The van der Waals surface area contributed by atoms with Crippen molar-refractivity contribution in [3.05, 3.63) is 84.4 Å². The van der Waals surface area contributed by atoms with Crippen LogP contribution in [-0.4, -0.2) is 58.5 Å². The highest BCUT2D eigenvalue weighted by molar-refractivity contribution is 7.92. The second-order valence-electron chi connectivity index (χ2n) is 9.11. The minimum atomic E-state index is -4.15. The van der Waals surface area contributed by atoms with Crippen LogP contribution in [0.15, 0.2) is 83.8 Å². The van der Waals surface area contributed by atoms with Crippen LogP contribution in [0, 0.1) is 0 Å². The molecule has 3 rings (SSSR count). The van der Waals surface area contributed by atoms with E-state index in [1.54, 1.807) is 67.8 Å². The van der Waals surface area contributed by atoms with Gasteiger partial charge in [-0.2, -0.15) is 0 Å². The van der Waals surface area contributed by atoms with Crippen molar-refractivity contribution in [2.24, 2.45) is 0 Å². The van der Waals surface area contributed by atoms with Gasteiger partial charge in [0.2, 0.25) is 11.8 Å². The zero-order valence-corrected chi connectivity index (χ0v) is 24.2. The SMILES string of the molecule is CCCNC(=O)C(CC)N(Cc1cccc(OC)c1)C(=O)CN(c1cccc(OC)c1)S(=O)(=O)c1ccccc1. The topological polar surface area (TPSA) is 105 Å². The molecule has 0 saturated heterocycles. The highest BCUT2D eigenvalue weighted by Gasteiger charge is 2.33. The van der Waals surface area contributed by atoms with Gasteiger partial charge in [-0.1, -0.05) is 50.2 Å². The number of rotatable bonds is 14. The lowest BCUT2D eigenvalue weighted by Gasteiger charge is -2.33. The van der Waals surface area contributed by atoms with Gasteiger partial charge in [0.25, 0.3) is 10.0 Å². The minimum Gasteiger partial charge on any atom is -0.497 e. The van der Waals surface area contributed by atoms with E-state index in [-0.39, 0.29) is 23.0 Å². The second kappa shape index (κ2) is 14.4. The Bertz CT molecular complexity index is 1380. The van der Waals surface area contributed by atoms with Gasteiger partial charge in [0, 0.05) is 19.2 Å². The number of ether oxygens (including phenoxy) is 2. The van der Waals surface area contributed by atoms with Crippen molar-refractivity contribution < 1.29 is 27.5 Å². The van der Waals surface area contributed by atoms with Gasteiger partial charge in [-0.3, -0.25) is 13.9 Å². The Morgan fingerprint density at radius 2 is 1.52 bits per heavy atom. The summed E-state index contributed by atoms with van der Waals surface area (Å²) < 4.78 is 39.4. The monoisotopic (exact) mass is 567 g/mol. The van der Waals surface area contributed by atoms with Crippen LogP contribution in [0.3, 0.4) is 0 Å². The number of sulfonamides is 1. The summed E-state index contributed by atoms with van der Waals surface area (Å²) in [5.41, 5.74) is 1.01. The van der Waals surface area contributed by atoms with Crippen LogP contribution in [0.1, 0.15) is 32.3 Å². The fourth-order valence-electron chi connectivity index (χ4n) is 4.27.